The molecule has 2 rings (SSSR count). The highest BCUT2D eigenvalue weighted by atomic mass is 127. The van der Waals surface area contributed by atoms with Crippen molar-refractivity contribution >= 4 is 22.6 Å². The van der Waals surface area contributed by atoms with E-state index in [9.17, 15) is 13.2 Å². The SMILES string of the molecule is FC(F)(F)Oc1ccc(-c2cccc(I)n2)cc1. The molecule has 0 spiro atoms. The molecule has 0 N–H and O–H groups in total. The van der Waals surface area contributed by atoms with E-state index in [1.807, 2.05) is 12.1 Å². The van der Waals surface area contributed by atoms with Gasteiger partial charge in [0.05, 0.1) is 5.69 Å². The fourth-order valence-electron chi connectivity index (χ4n) is 1.40. The van der Waals surface area contributed by atoms with E-state index in [1.165, 1.54) is 12.1 Å². The number of aromatic nitrogens is 1. The zero-order valence-corrected chi connectivity index (χ0v) is 11.1. The standard InChI is InChI=1S/C12H7F3INO/c13-12(14,15)18-9-6-4-8(5-7-9)10-2-1-3-11(16)17-10/h1-7H. The van der Waals surface area contributed by atoms with Crippen molar-refractivity contribution in [2.24, 2.45) is 0 Å². The van der Waals surface area contributed by atoms with Gasteiger partial charge in [-0.15, -0.1) is 13.2 Å². The monoisotopic (exact) mass is 365 g/mol. The van der Waals surface area contributed by atoms with Gasteiger partial charge >= 0.3 is 6.36 Å². The fourth-order valence-corrected chi connectivity index (χ4v) is 1.86. The number of hydrogen-bond donors (Lipinski definition) is 0. The first-order chi connectivity index (χ1) is 8.44. The molecule has 94 valence electrons. The van der Waals surface area contributed by atoms with Crippen LogP contribution in [0.3, 0.4) is 0 Å². The molecular formula is C12H7F3INO. The maximum absolute atomic E-state index is 12.0. The van der Waals surface area contributed by atoms with Gasteiger partial charge in [0.25, 0.3) is 0 Å². The number of ether oxygens (including phenoxy) is 1. The molecule has 0 atom stereocenters. The summed E-state index contributed by atoms with van der Waals surface area (Å²) in [6.45, 7) is 0. The minimum Gasteiger partial charge on any atom is -0.406 e. The van der Waals surface area contributed by atoms with Crippen LogP contribution in [0.15, 0.2) is 42.5 Å². The van der Waals surface area contributed by atoms with E-state index in [-0.39, 0.29) is 5.75 Å². The Morgan fingerprint density at radius 1 is 1.00 bits per heavy atom. The predicted molar refractivity (Wildman–Crippen MR) is 69.1 cm³/mol. The van der Waals surface area contributed by atoms with Crippen LogP contribution in [-0.4, -0.2) is 11.3 Å². The second kappa shape index (κ2) is 5.13. The van der Waals surface area contributed by atoms with Crippen LogP contribution in [0.5, 0.6) is 5.75 Å². The topological polar surface area (TPSA) is 22.1 Å². The first kappa shape index (κ1) is 13.1. The van der Waals surface area contributed by atoms with Gasteiger partial charge in [0.2, 0.25) is 0 Å². The lowest BCUT2D eigenvalue weighted by Crippen LogP contribution is -2.16. The number of pyridine rings is 1. The molecule has 0 bridgehead atoms. The lowest BCUT2D eigenvalue weighted by Gasteiger charge is -2.09. The number of alkyl halides is 3. The highest BCUT2D eigenvalue weighted by molar-refractivity contribution is 14.1. The number of benzene rings is 1. The van der Waals surface area contributed by atoms with Gasteiger partial charge in [-0.3, -0.25) is 0 Å². The van der Waals surface area contributed by atoms with Gasteiger partial charge < -0.3 is 4.74 Å². The summed E-state index contributed by atoms with van der Waals surface area (Å²) in [6, 6.07) is 11.1. The molecule has 1 heterocycles. The van der Waals surface area contributed by atoms with Crippen molar-refractivity contribution in [2.45, 2.75) is 6.36 Å². The molecule has 1 aromatic carbocycles. The van der Waals surface area contributed by atoms with Crippen LogP contribution in [-0.2, 0) is 0 Å². The van der Waals surface area contributed by atoms with E-state index in [0.29, 0.717) is 5.69 Å². The van der Waals surface area contributed by atoms with E-state index in [4.69, 9.17) is 0 Å². The molecular weight excluding hydrogens is 358 g/mol. The first-order valence-corrected chi connectivity index (χ1v) is 6.01. The summed E-state index contributed by atoms with van der Waals surface area (Å²) in [5.41, 5.74) is 1.45. The average Bonchev–Trinajstić information content (AvgIpc) is 2.28. The second-order valence-electron chi connectivity index (χ2n) is 3.42. The summed E-state index contributed by atoms with van der Waals surface area (Å²) in [5.74, 6) is -0.239. The Kier molecular flexibility index (Phi) is 3.74. The molecule has 0 unspecified atom stereocenters. The van der Waals surface area contributed by atoms with E-state index < -0.39 is 6.36 Å². The first-order valence-electron chi connectivity index (χ1n) is 4.93. The summed E-state index contributed by atoms with van der Waals surface area (Å²) >= 11 is 2.07. The van der Waals surface area contributed by atoms with Crippen molar-refractivity contribution < 1.29 is 17.9 Å². The van der Waals surface area contributed by atoms with Crippen LogP contribution in [0.2, 0.25) is 0 Å². The molecule has 18 heavy (non-hydrogen) atoms. The number of nitrogens with zero attached hydrogens (tertiary/aromatic N) is 1. The van der Waals surface area contributed by atoms with E-state index >= 15 is 0 Å². The minimum absolute atomic E-state index is 0.239. The predicted octanol–water partition coefficient (Wildman–Crippen LogP) is 4.25. The largest absolute Gasteiger partial charge is 0.573 e. The quantitative estimate of drug-likeness (QED) is 0.587. The highest BCUT2D eigenvalue weighted by Gasteiger charge is 2.30. The minimum atomic E-state index is -4.66. The van der Waals surface area contributed by atoms with Crippen molar-refractivity contribution in [3.05, 3.63) is 46.2 Å². The van der Waals surface area contributed by atoms with Crippen LogP contribution < -0.4 is 4.74 Å². The van der Waals surface area contributed by atoms with E-state index in [0.717, 1.165) is 9.26 Å². The molecule has 0 aliphatic carbocycles. The van der Waals surface area contributed by atoms with Crippen molar-refractivity contribution in [3.63, 3.8) is 0 Å². The smallest absolute Gasteiger partial charge is 0.406 e. The van der Waals surface area contributed by atoms with Gasteiger partial charge in [-0.05, 0) is 59.0 Å². The van der Waals surface area contributed by atoms with Gasteiger partial charge in [0.1, 0.15) is 9.45 Å². The van der Waals surface area contributed by atoms with Gasteiger partial charge in [-0.25, -0.2) is 4.98 Å². The van der Waals surface area contributed by atoms with Crippen molar-refractivity contribution in [2.75, 3.05) is 0 Å². The summed E-state index contributed by atoms with van der Waals surface area (Å²) in [6.07, 6.45) is -4.66. The number of hydrogen-bond acceptors (Lipinski definition) is 2. The Hall–Kier alpha value is -1.31. The normalized spacial score (nSPS) is 11.3. The molecule has 0 saturated carbocycles. The van der Waals surface area contributed by atoms with Gasteiger partial charge in [-0.1, -0.05) is 6.07 Å². The third-order valence-electron chi connectivity index (χ3n) is 2.10. The summed E-state index contributed by atoms with van der Waals surface area (Å²) in [5, 5.41) is 0. The van der Waals surface area contributed by atoms with Gasteiger partial charge in [0, 0.05) is 5.56 Å². The average molecular weight is 365 g/mol. The maximum atomic E-state index is 12.0. The summed E-state index contributed by atoms with van der Waals surface area (Å²) in [4.78, 5) is 4.27. The maximum Gasteiger partial charge on any atom is 0.573 e. The van der Waals surface area contributed by atoms with Gasteiger partial charge in [-0.2, -0.15) is 0 Å². The third kappa shape index (κ3) is 3.59. The molecule has 2 aromatic rings. The Morgan fingerprint density at radius 2 is 1.67 bits per heavy atom. The van der Waals surface area contributed by atoms with Crippen LogP contribution in [0, 0.1) is 3.70 Å². The highest BCUT2D eigenvalue weighted by Crippen LogP contribution is 2.25. The lowest BCUT2D eigenvalue weighted by molar-refractivity contribution is -0.274. The van der Waals surface area contributed by atoms with Crippen molar-refractivity contribution in [3.8, 4) is 17.0 Å². The summed E-state index contributed by atoms with van der Waals surface area (Å²) in [7, 11) is 0. The third-order valence-corrected chi connectivity index (χ3v) is 2.70. The van der Waals surface area contributed by atoms with Crippen molar-refractivity contribution in [1.82, 2.24) is 4.98 Å². The van der Waals surface area contributed by atoms with Gasteiger partial charge in [0.15, 0.2) is 0 Å². The Bertz CT molecular complexity index is 540. The molecule has 0 amide bonds. The van der Waals surface area contributed by atoms with E-state index in [1.54, 1.807) is 18.2 Å². The van der Waals surface area contributed by atoms with E-state index in [2.05, 4.69) is 32.3 Å². The zero-order chi connectivity index (χ0) is 13.2. The zero-order valence-electron chi connectivity index (χ0n) is 8.91. The number of rotatable bonds is 2. The van der Waals surface area contributed by atoms with Crippen LogP contribution in [0.1, 0.15) is 0 Å². The Morgan fingerprint density at radius 3 is 2.22 bits per heavy atom. The molecule has 2 nitrogen and oxygen atoms in total. The molecule has 0 radical (unpaired) electrons. The summed E-state index contributed by atoms with van der Waals surface area (Å²) < 4.78 is 40.6. The molecule has 1 aromatic heterocycles. The second-order valence-corrected chi connectivity index (χ2v) is 4.52. The lowest BCUT2D eigenvalue weighted by atomic mass is 10.1. The Balaban J connectivity index is 2.22. The molecule has 0 saturated heterocycles. The fraction of sp³-hybridized carbons (Fsp3) is 0.0833. The molecule has 0 aliphatic rings. The van der Waals surface area contributed by atoms with Crippen molar-refractivity contribution in [1.29, 1.82) is 0 Å². The Labute approximate surface area is 115 Å². The molecule has 6 heteroatoms. The number of halogens is 4. The molecule has 0 aliphatic heterocycles. The van der Waals surface area contributed by atoms with Crippen LogP contribution >= 0.6 is 22.6 Å². The van der Waals surface area contributed by atoms with Crippen LogP contribution in [0.4, 0.5) is 13.2 Å². The molecule has 0 fully saturated rings. The van der Waals surface area contributed by atoms with Crippen LogP contribution in [0.25, 0.3) is 11.3 Å².